The van der Waals surface area contributed by atoms with Gasteiger partial charge < -0.3 is 39.6 Å². The molecule has 0 saturated carbocycles. The molecule has 0 radical (unpaired) electrons. The molecule has 0 atom stereocenters. The molecule has 8 nitrogen and oxygen atoms in total. The van der Waals surface area contributed by atoms with Crippen LogP contribution in [-0.4, -0.2) is 23.9 Å². The van der Waals surface area contributed by atoms with Crippen LogP contribution in [0.3, 0.4) is 0 Å². The molecule has 18 heavy (non-hydrogen) atoms. The van der Waals surface area contributed by atoms with E-state index in [2.05, 4.69) is 0 Å². The maximum atomic E-state index is 10.0. The van der Waals surface area contributed by atoms with E-state index in [9.17, 15) is 39.6 Å². The number of carboxylic acids is 4. The minimum atomic E-state index is -2.52. The second-order valence-electron chi connectivity index (χ2n) is 1.90. The first kappa shape index (κ1) is 31.1. The molecule has 0 saturated heterocycles. The molecule has 0 aliphatic rings. The van der Waals surface area contributed by atoms with Crippen LogP contribution in [-0.2, 0) is 109 Å². The number of hydrogen-bond acceptors (Lipinski definition) is 8. The van der Waals surface area contributed by atoms with Crippen LogP contribution in [0.25, 0.3) is 0 Å². The molecular weight excluding hydrogens is 632 g/mol. The van der Waals surface area contributed by atoms with Crippen LogP contribution in [0.2, 0.25) is 0 Å². The standard InChI is InChI=1S/C6H4O8.4Ag/c7-3(8)1(4(9)10)2(5(11)12)6(13)14;;;;/h(H,7,8)(H,9,10)(H,11,12)(H,13,14);;;;/q;4*+1/p-4. The van der Waals surface area contributed by atoms with Crippen molar-refractivity contribution in [1.82, 2.24) is 0 Å². The predicted octanol–water partition coefficient (Wildman–Crippen LogP) is -6.73. The third kappa shape index (κ3) is 9.50. The van der Waals surface area contributed by atoms with Crippen LogP contribution >= 0.6 is 0 Å². The number of carbonyl (C=O) groups excluding carboxylic acids is 4. The van der Waals surface area contributed by atoms with Gasteiger partial charge in [-0.1, -0.05) is 0 Å². The summed E-state index contributed by atoms with van der Waals surface area (Å²) in [6.07, 6.45) is 0. The molecule has 0 fully saturated rings. The van der Waals surface area contributed by atoms with Crippen molar-refractivity contribution in [1.29, 1.82) is 0 Å². The van der Waals surface area contributed by atoms with E-state index in [1.807, 2.05) is 0 Å². The summed E-state index contributed by atoms with van der Waals surface area (Å²) in [4.78, 5) is 40.1. The molecule has 0 aromatic rings. The Labute approximate surface area is 162 Å². The summed E-state index contributed by atoms with van der Waals surface area (Å²) in [5.74, 6) is -10.1. The first-order valence-electron chi connectivity index (χ1n) is 2.88. The van der Waals surface area contributed by atoms with Gasteiger partial charge in [-0.2, -0.15) is 0 Å². The van der Waals surface area contributed by atoms with E-state index in [1.165, 1.54) is 0 Å². The second kappa shape index (κ2) is 14.0. The van der Waals surface area contributed by atoms with Crippen LogP contribution < -0.4 is 20.4 Å². The van der Waals surface area contributed by atoms with Gasteiger partial charge in [-0.15, -0.1) is 0 Å². The van der Waals surface area contributed by atoms with Crippen molar-refractivity contribution in [2.24, 2.45) is 0 Å². The molecule has 0 rings (SSSR count). The second-order valence-corrected chi connectivity index (χ2v) is 1.90. The van der Waals surface area contributed by atoms with Gasteiger partial charge in [0.15, 0.2) is 0 Å². The molecule has 0 bridgehead atoms. The van der Waals surface area contributed by atoms with Crippen LogP contribution in [0.4, 0.5) is 0 Å². The molecule has 0 aromatic carbocycles. The van der Waals surface area contributed by atoms with Crippen molar-refractivity contribution >= 4 is 23.9 Å². The van der Waals surface area contributed by atoms with E-state index in [0.717, 1.165) is 0 Å². The van der Waals surface area contributed by atoms with Gasteiger partial charge in [0.05, 0.1) is 23.9 Å². The SMILES string of the molecule is O=C([O-])C(C(=O)[O-])=C(C(=O)[O-])C(=O)[O-].[Ag+].[Ag+].[Ag+].[Ag+]. The zero-order valence-electron chi connectivity index (χ0n) is 7.47. The van der Waals surface area contributed by atoms with Crippen LogP contribution in [0.1, 0.15) is 0 Å². The van der Waals surface area contributed by atoms with Crippen molar-refractivity contribution < 1.29 is 129 Å². The molecule has 0 spiro atoms. The molecule has 116 valence electrons. The number of carbonyl (C=O) groups is 4. The molecule has 0 amide bonds. The Balaban J connectivity index is -0.000000141. The van der Waals surface area contributed by atoms with Gasteiger partial charge in [0.2, 0.25) is 0 Å². The van der Waals surface area contributed by atoms with Gasteiger partial charge in [0, 0.05) is 11.1 Å². The Hall–Kier alpha value is 0.581. The smallest absolute Gasteiger partial charge is 0.545 e. The van der Waals surface area contributed by atoms with E-state index in [-0.39, 0.29) is 89.5 Å². The Morgan fingerprint density at radius 1 is 0.444 bits per heavy atom. The van der Waals surface area contributed by atoms with Gasteiger partial charge in [-0.25, -0.2) is 0 Å². The van der Waals surface area contributed by atoms with Gasteiger partial charge in [-0.3, -0.25) is 0 Å². The van der Waals surface area contributed by atoms with Gasteiger partial charge in [-0.05, 0) is 0 Å². The Bertz CT molecular complexity index is 297. The third-order valence-electron chi connectivity index (χ3n) is 1.07. The Morgan fingerprint density at radius 2 is 0.556 bits per heavy atom. The van der Waals surface area contributed by atoms with E-state index in [0.29, 0.717) is 0 Å². The van der Waals surface area contributed by atoms with Gasteiger partial charge in [0.1, 0.15) is 0 Å². The quantitative estimate of drug-likeness (QED) is 0.128. The topological polar surface area (TPSA) is 161 Å². The molecule has 12 heteroatoms. The van der Waals surface area contributed by atoms with Crippen molar-refractivity contribution in [2.75, 3.05) is 0 Å². The summed E-state index contributed by atoms with van der Waals surface area (Å²) in [6.45, 7) is 0. The van der Waals surface area contributed by atoms with Crippen LogP contribution in [0.15, 0.2) is 11.1 Å². The minimum Gasteiger partial charge on any atom is -0.545 e. The van der Waals surface area contributed by atoms with E-state index >= 15 is 0 Å². The summed E-state index contributed by atoms with van der Waals surface area (Å²) in [6, 6.07) is 0. The normalized spacial score (nSPS) is 6.89. The summed E-state index contributed by atoms with van der Waals surface area (Å²) in [5, 5.41) is 40.1. The minimum absolute atomic E-state index is 0. The zero-order valence-corrected chi connectivity index (χ0v) is 13.4. The number of aliphatic carboxylic acids is 4. The number of hydrogen-bond donors (Lipinski definition) is 0. The van der Waals surface area contributed by atoms with Gasteiger partial charge in [0.25, 0.3) is 0 Å². The van der Waals surface area contributed by atoms with E-state index < -0.39 is 35.0 Å². The molecule has 0 aliphatic carbocycles. The van der Waals surface area contributed by atoms with Gasteiger partial charge >= 0.3 is 89.5 Å². The molecule has 0 heterocycles. The molecule has 0 aromatic heterocycles. The third-order valence-corrected chi connectivity index (χ3v) is 1.07. The first-order valence-corrected chi connectivity index (χ1v) is 2.88. The maximum absolute atomic E-state index is 10.0. The first-order chi connectivity index (χ1) is 6.29. The summed E-state index contributed by atoms with van der Waals surface area (Å²) in [7, 11) is 0. The van der Waals surface area contributed by atoms with Crippen molar-refractivity contribution in [3.8, 4) is 0 Å². The fourth-order valence-electron chi connectivity index (χ4n) is 0.575. The fourth-order valence-corrected chi connectivity index (χ4v) is 0.575. The summed E-state index contributed by atoms with van der Waals surface area (Å²) in [5.41, 5.74) is -4.07. The molecule has 0 aliphatic heterocycles. The predicted molar refractivity (Wildman–Crippen MR) is 27.1 cm³/mol. The molecule has 0 unspecified atom stereocenters. The summed E-state index contributed by atoms with van der Waals surface area (Å²) < 4.78 is 0. The molecular formula is C6Ag4O8. The Kier molecular flexibility index (Phi) is 24.2. The van der Waals surface area contributed by atoms with Crippen molar-refractivity contribution in [3.05, 3.63) is 11.1 Å². The van der Waals surface area contributed by atoms with E-state index in [4.69, 9.17) is 0 Å². The van der Waals surface area contributed by atoms with Crippen molar-refractivity contribution in [3.63, 3.8) is 0 Å². The average molecular weight is 632 g/mol. The number of carboxylic acid groups (broad SMARTS) is 4. The number of rotatable bonds is 4. The maximum Gasteiger partial charge on any atom is 1.00 e. The monoisotopic (exact) mass is 628 g/mol. The van der Waals surface area contributed by atoms with Crippen LogP contribution in [0.5, 0.6) is 0 Å². The average Bonchev–Trinajstić information content (AvgIpc) is 1.96. The van der Waals surface area contributed by atoms with Crippen molar-refractivity contribution in [2.45, 2.75) is 0 Å². The summed E-state index contributed by atoms with van der Waals surface area (Å²) >= 11 is 0. The largest absolute Gasteiger partial charge is 1.00 e. The van der Waals surface area contributed by atoms with Crippen LogP contribution in [0, 0.1) is 0 Å². The fraction of sp³-hybridized carbons (Fsp3) is 0. The Morgan fingerprint density at radius 3 is 0.611 bits per heavy atom. The molecule has 0 N–H and O–H groups in total. The zero-order chi connectivity index (χ0) is 11.5. The van der Waals surface area contributed by atoms with E-state index in [1.54, 1.807) is 0 Å².